The van der Waals surface area contributed by atoms with Crippen LogP contribution in [0.4, 0.5) is 0 Å². The largest absolute Gasteiger partial charge is 0.480 e. The van der Waals surface area contributed by atoms with Crippen LogP contribution in [0.5, 0.6) is 0 Å². The number of likely N-dealkylation sites (tertiary alicyclic amines) is 1. The third kappa shape index (κ3) is 2.84. The number of carboxylic acid groups (broad SMARTS) is 1. The molecule has 2 heterocycles. The maximum Gasteiger partial charge on any atom is 0.326 e. The number of fused-ring (bicyclic) bond motifs is 1. The highest BCUT2D eigenvalue weighted by atomic mass is 32.1. The predicted octanol–water partition coefficient (Wildman–Crippen LogP) is 3.44. The first-order valence-corrected chi connectivity index (χ1v) is 9.49. The fraction of sp³-hybridized carbons (Fsp3) is 0.421. The first-order chi connectivity index (χ1) is 12.0. The van der Waals surface area contributed by atoms with Crippen LogP contribution in [0.1, 0.15) is 35.3 Å². The summed E-state index contributed by atoms with van der Waals surface area (Å²) in [6.45, 7) is 2.50. The van der Waals surface area contributed by atoms with Crippen LogP contribution in [0, 0.1) is 18.8 Å². The molecule has 6 heteroatoms. The molecule has 5 nitrogen and oxygen atoms in total. The van der Waals surface area contributed by atoms with Crippen LogP contribution in [0.25, 0.3) is 10.6 Å². The zero-order valence-electron chi connectivity index (χ0n) is 14.0. The Morgan fingerprint density at radius 2 is 2.16 bits per heavy atom. The molecule has 2 aliphatic rings. The van der Waals surface area contributed by atoms with Crippen molar-refractivity contribution in [1.82, 2.24) is 9.88 Å². The molecule has 1 aliphatic carbocycles. The van der Waals surface area contributed by atoms with Gasteiger partial charge in [0.15, 0.2) is 0 Å². The van der Waals surface area contributed by atoms with Crippen LogP contribution in [0.3, 0.4) is 0 Å². The lowest BCUT2D eigenvalue weighted by Crippen LogP contribution is -2.43. The minimum absolute atomic E-state index is 0.103. The summed E-state index contributed by atoms with van der Waals surface area (Å²) in [5.74, 6) is -0.632. The fourth-order valence-electron chi connectivity index (χ4n) is 4.27. The molecule has 2 fully saturated rings. The Balaban J connectivity index is 1.63. The molecule has 0 spiro atoms. The lowest BCUT2D eigenvalue weighted by atomic mass is 9.94. The molecule has 1 saturated heterocycles. The van der Waals surface area contributed by atoms with Gasteiger partial charge in [-0.15, -0.1) is 11.3 Å². The van der Waals surface area contributed by atoms with E-state index in [9.17, 15) is 14.7 Å². The number of aliphatic carboxylic acids is 1. The van der Waals surface area contributed by atoms with E-state index < -0.39 is 12.0 Å². The Kier molecular flexibility index (Phi) is 4.07. The van der Waals surface area contributed by atoms with Crippen molar-refractivity contribution in [2.75, 3.05) is 6.54 Å². The third-order valence-corrected chi connectivity index (χ3v) is 6.39. The summed E-state index contributed by atoms with van der Waals surface area (Å²) in [7, 11) is 0. The maximum absolute atomic E-state index is 13.0. The highest BCUT2D eigenvalue weighted by Crippen LogP contribution is 2.42. The summed E-state index contributed by atoms with van der Waals surface area (Å²) in [6, 6.07) is 6.67. The fourth-order valence-corrected chi connectivity index (χ4v) is 5.06. The Labute approximate surface area is 150 Å². The Bertz CT molecular complexity index is 832. The number of carboxylic acids is 1. The van der Waals surface area contributed by atoms with E-state index in [1.165, 1.54) is 0 Å². The van der Waals surface area contributed by atoms with Crippen molar-refractivity contribution in [2.45, 2.75) is 32.2 Å². The van der Waals surface area contributed by atoms with Gasteiger partial charge in [-0.1, -0.05) is 18.6 Å². The van der Waals surface area contributed by atoms with Gasteiger partial charge in [0, 0.05) is 28.7 Å². The number of hydrogen-bond donors (Lipinski definition) is 1. The average Bonchev–Trinajstić information content (AvgIpc) is 3.29. The number of hydrogen-bond acceptors (Lipinski definition) is 4. The molecule has 1 amide bonds. The van der Waals surface area contributed by atoms with Crippen LogP contribution in [0.2, 0.25) is 0 Å². The van der Waals surface area contributed by atoms with Crippen LogP contribution >= 0.6 is 11.3 Å². The minimum Gasteiger partial charge on any atom is -0.480 e. The number of carbonyl (C=O) groups excluding carboxylic acids is 1. The number of aromatic nitrogens is 1. The van der Waals surface area contributed by atoms with Crippen molar-refractivity contribution < 1.29 is 14.7 Å². The van der Waals surface area contributed by atoms with Crippen LogP contribution in [-0.2, 0) is 4.79 Å². The van der Waals surface area contributed by atoms with Crippen molar-refractivity contribution in [3.63, 3.8) is 0 Å². The standard InChI is InChI=1S/C19H20N2O3S/c1-11-10-25-17(20-11)12-4-2-5-13(8-12)18(22)21-9-14-6-3-7-15(14)16(21)19(23)24/h2,4-5,8,10,14-16H,3,6-7,9H2,1H3,(H,23,24). The molecule has 4 rings (SSSR count). The molecule has 0 bridgehead atoms. The molecule has 130 valence electrons. The summed E-state index contributed by atoms with van der Waals surface area (Å²) >= 11 is 1.54. The van der Waals surface area contributed by atoms with E-state index in [1.54, 1.807) is 22.3 Å². The van der Waals surface area contributed by atoms with E-state index in [0.29, 0.717) is 18.0 Å². The Morgan fingerprint density at radius 1 is 1.32 bits per heavy atom. The molecule has 0 radical (unpaired) electrons. The second kappa shape index (κ2) is 6.26. The highest BCUT2D eigenvalue weighted by molar-refractivity contribution is 7.13. The van der Waals surface area contributed by atoms with Gasteiger partial charge in [-0.2, -0.15) is 0 Å². The molecule has 1 aliphatic heterocycles. The second-order valence-electron chi connectivity index (χ2n) is 6.97. The van der Waals surface area contributed by atoms with Crippen LogP contribution in [-0.4, -0.2) is 39.5 Å². The summed E-state index contributed by atoms with van der Waals surface area (Å²) < 4.78 is 0. The van der Waals surface area contributed by atoms with Gasteiger partial charge in [-0.05, 0) is 43.7 Å². The number of carbonyl (C=O) groups is 2. The van der Waals surface area contributed by atoms with E-state index in [1.807, 2.05) is 30.5 Å². The van der Waals surface area contributed by atoms with Crippen LogP contribution in [0.15, 0.2) is 29.6 Å². The molecular formula is C19H20N2O3S. The van der Waals surface area contributed by atoms with Gasteiger partial charge in [0.25, 0.3) is 5.91 Å². The molecule has 3 unspecified atom stereocenters. The van der Waals surface area contributed by atoms with Gasteiger partial charge in [-0.25, -0.2) is 9.78 Å². The third-order valence-electron chi connectivity index (χ3n) is 5.38. The van der Waals surface area contributed by atoms with Crippen molar-refractivity contribution in [3.05, 3.63) is 40.9 Å². The number of thiazole rings is 1. The number of amides is 1. The molecular weight excluding hydrogens is 336 g/mol. The van der Waals surface area contributed by atoms with Gasteiger partial charge >= 0.3 is 5.97 Å². The number of rotatable bonds is 3. The SMILES string of the molecule is Cc1csc(-c2cccc(C(=O)N3CC4CCCC4C3C(=O)O)c2)n1. The quantitative estimate of drug-likeness (QED) is 0.914. The summed E-state index contributed by atoms with van der Waals surface area (Å²) in [5.41, 5.74) is 2.39. The summed E-state index contributed by atoms with van der Waals surface area (Å²) in [5, 5.41) is 12.5. The molecule has 1 aromatic carbocycles. The summed E-state index contributed by atoms with van der Waals surface area (Å²) in [4.78, 5) is 30.8. The Hall–Kier alpha value is -2.21. The van der Waals surface area contributed by atoms with Crippen molar-refractivity contribution in [2.24, 2.45) is 11.8 Å². The molecule has 25 heavy (non-hydrogen) atoms. The van der Waals surface area contributed by atoms with Crippen molar-refractivity contribution in [1.29, 1.82) is 0 Å². The molecule has 3 atom stereocenters. The minimum atomic E-state index is -0.880. The van der Waals surface area contributed by atoms with E-state index in [-0.39, 0.29) is 11.8 Å². The number of benzene rings is 1. The molecule has 1 aromatic heterocycles. The molecule has 1 saturated carbocycles. The predicted molar refractivity (Wildman–Crippen MR) is 95.6 cm³/mol. The van der Waals surface area contributed by atoms with Gasteiger partial charge in [0.1, 0.15) is 11.0 Å². The van der Waals surface area contributed by atoms with Crippen LogP contribution < -0.4 is 0 Å². The Morgan fingerprint density at radius 3 is 2.88 bits per heavy atom. The normalized spacial score (nSPS) is 25.2. The van der Waals surface area contributed by atoms with E-state index in [2.05, 4.69) is 4.98 Å². The van der Waals surface area contributed by atoms with Gasteiger partial charge in [0.05, 0.1) is 0 Å². The average molecular weight is 356 g/mol. The lowest BCUT2D eigenvalue weighted by molar-refractivity contribution is -0.142. The second-order valence-corrected chi connectivity index (χ2v) is 7.83. The van der Waals surface area contributed by atoms with Gasteiger partial charge < -0.3 is 10.0 Å². The monoisotopic (exact) mass is 356 g/mol. The zero-order chi connectivity index (χ0) is 17.6. The topological polar surface area (TPSA) is 70.5 Å². The first kappa shape index (κ1) is 16.3. The van der Waals surface area contributed by atoms with E-state index in [0.717, 1.165) is 35.5 Å². The van der Waals surface area contributed by atoms with E-state index >= 15 is 0 Å². The van der Waals surface area contributed by atoms with E-state index in [4.69, 9.17) is 0 Å². The molecule has 2 aromatic rings. The van der Waals surface area contributed by atoms with Crippen molar-refractivity contribution >= 4 is 23.2 Å². The maximum atomic E-state index is 13.0. The van der Waals surface area contributed by atoms with Gasteiger partial charge in [0.2, 0.25) is 0 Å². The molecule has 1 N–H and O–H groups in total. The highest BCUT2D eigenvalue weighted by Gasteiger charge is 2.49. The first-order valence-electron chi connectivity index (χ1n) is 8.61. The number of nitrogens with zero attached hydrogens (tertiary/aromatic N) is 2. The lowest BCUT2D eigenvalue weighted by Gasteiger charge is -2.24. The zero-order valence-corrected chi connectivity index (χ0v) is 14.8. The number of aryl methyl sites for hydroxylation is 1. The summed E-state index contributed by atoms with van der Waals surface area (Å²) in [6.07, 6.45) is 3.00. The van der Waals surface area contributed by atoms with Crippen molar-refractivity contribution in [3.8, 4) is 10.6 Å². The smallest absolute Gasteiger partial charge is 0.326 e. The van der Waals surface area contributed by atoms with Gasteiger partial charge in [-0.3, -0.25) is 4.79 Å².